The first-order valence-corrected chi connectivity index (χ1v) is 7.21. The van der Waals surface area contributed by atoms with E-state index in [1.165, 1.54) is 10.5 Å². The SMILES string of the molecule is CC(C)(CC(N)=O)NCC1CSc2ccccc21. The lowest BCUT2D eigenvalue weighted by atomic mass is 9.96. The topological polar surface area (TPSA) is 55.1 Å². The number of thioether (sulfide) groups is 1. The van der Waals surface area contributed by atoms with Gasteiger partial charge in [-0.25, -0.2) is 0 Å². The second-order valence-electron chi connectivity index (χ2n) is 5.45. The molecule has 3 nitrogen and oxygen atoms in total. The molecule has 0 fully saturated rings. The van der Waals surface area contributed by atoms with Crippen LogP contribution in [-0.2, 0) is 4.79 Å². The molecule has 98 valence electrons. The van der Waals surface area contributed by atoms with Gasteiger partial charge < -0.3 is 11.1 Å². The van der Waals surface area contributed by atoms with Crippen LogP contribution in [-0.4, -0.2) is 23.7 Å². The van der Waals surface area contributed by atoms with Crippen molar-refractivity contribution >= 4 is 17.7 Å². The third kappa shape index (κ3) is 3.27. The summed E-state index contributed by atoms with van der Waals surface area (Å²) >= 11 is 1.91. The molecule has 0 radical (unpaired) electrons. The Kier molecular flexibility index (Phi) is 3.97. The quantitative estimate of drug-likeness (QED) is 0.856. The molecule has 1 heterocycles. The minimum Gasteiger partial charge on any atom is -0.370 e. The predicted octanol–water partition coefficient (Wildman–Crippen LogP) is 2.12. The van der Waals surface area contributed by atoms with Crippen LogP contribution in [0.25, 0.3) is 0 Å². The van der Waals surface area contributed by atoms with E-state index in [1.54, 1.807) is 0 Å². The number of carbonyl (C=O) groups excluding carboxylic acids is 1. The van der Waals surface area contributed by atoms with Gasteiger partial charge in [-0.3, -0.25) is 4.79 Å². The zero-order valence-corrected chi connectivity index (χ0v) is 11.7. The molecule has 0 saturated heterocycles. The maximum Gasteiger partial charge on any atom is 0.219 e. The number of hydrogen-bond acceptors (Lipinski definition) is 3. The lowest BCUT2D eigenvalue weighted by Gasteiger charge is -2.26. The van der Waals surface area contributed by atoms with Crippen molar-refractivity contribution in [1.82, 2.24) is 5.32 Å². The van der Waals surface area contributed by atoms with Crippen molar-refractivity contribution in [3.63, 3.8) is 0 Å². The first-order valence-electron chi connectivity index (χ1n) is 6.23. The van der Waals surface area contributed by atoms with Gasteiger partial charge in [0.15, 0.2) is 0 Å². The molecular formula is C14H20N2OS. The van der Waals surface area contributed by atoms with Crippen LogP contribution in [0.2, 0.25) is 0 Å². The maximum absolute atomic E-state index is 11.0. The number of primary amides is 1. The monoisotopic (exact) mass is 264 g/mol. The molecule has 0 aromatic heterocycles. The lowest BCUT2D eigenvalue weighted by Crippen LogP contribution is -2.44. The van der Waals surface area contributed by atoms with E-state index >= 15 is 0 Å². The first-order chi connectivity index (χ1) is 8.48. The van der Waals surface area contributed by atoms with Crippen molar-refractivity contribution in [2.45, 2.75) is 36.6 Å². The molecule has 2 rings (SSSR count). The van der Waals surface area contributed by atoms with Crippen LogP contribution in [0.5, 0.6) is 0 Å². The van der Waals surface area contributed by atoms with Crippen LogP contribution < -0.4 is 11.1 Å². The second-order valence-corrected chi connectivity index (χ2v) is 6.52. The molecule has 1 aliphatic heterocycles. The van der Waals surface area contributed by atoms with Crippen LogP contribution in [0.4, 0.5) is 0 Å². The van der Waals surface area contributed by atoms with Gasteiger partial charge in [-0.1, -0.05) is 18.2 Å². The molecule has 1 aliphatic rings. The number of benzene rings is 1. The van der Waals surface area contributed by atoms with Crippen molar-refractivity contribution in [2.24, 2.45) is 5.73 Å². The summed E-state index contributed by atoms with van der Waals surface area (Å²) in [6, 6.07) is 8.54. The van der Waals surface area contributed by atoms with E-state index < -0.39 is 0 Å². The fourth-order valence-electron chi connectivity index (χ4n) is 2.30. The third-order valence-electron chi connectivity index (χ3n) is 3.24. The van der Waals surface area contributed by atoms with Crippen molar-refractivity contribution < 1.29 is 4.79 Å². The highest BCUT2D eigenvalue weighted by Gasteiger charge is 2.26. The average Bonchev–Trinajstić information content (AvgIpc) is 2.68. The summed E-state index contributed by atoms with van der Waals surface area (Å²) in [5.41, 5.74) is 6.45. The summed E-state index contributed by atoms with van der Waals surface area (Å²) in [7, 11) is 0. The Hall–Kier alpha value is -1.00. The number of fused-ring (bicyclic) bond motifs is 1. The number of rotatable bonds is 5. The highest BCUT2D eigenvalue weighted by atomic mass is 32.2. The predicted molar refractivity (Wildman–Crippen MR) is 75.8 cm³/mol. The highest BCUT2D eigenvalue weighted by Crippen LogP contribution is 2.39. The zero-order chi connectivity index (χ0) is 13.2. The molecule has 0 bridgehead atoms. The molecule has 1 amide bonds. The fourth-order valence-corrected chi connectivity index (χ4v) is 3.55. The Morgan fingerprint density at radius 1 is 1.50 bits per heavy atom. The standard InChI is InChI=1S/C14H20N2OS/c1-14(2,7-13(15)17)16-8-10-9-18-12-6-4-3-5-11(10)12/h3-6,10,16H,7-9H2,1-2H3,(H2,15,17). The van der Waals surface area contributed by atoms with Crippen molar-refractivity contribution in [3.05, 3.63) is 29.8 Å². The minimum atomic E-state index is -0.256. The Morgan fingerprint density at radius 2 is 2.22 bits per heavy atom. The summed E-state index contributed by atoms with van der Waals surface area (Å²) in [6.45, 7) is 4.93. The Balaban J connectivity index is 1.94. The van der Waals surface area contributed by atoms with Crippen LogP contribution in [0, 0.1) is 0 Å². The number of amides is 1. The first kappa shape index (κ1) is 13.4. The van der Waals surface area contributed by atoms with E-state index in [2.05, 4.69) is 29.6 Å². The molecule has 1 unspecified atom stereocenters. The van der Waals surface area contributed by atoms with Gasteiger partial charge in [-0.15, -0.1) is 11.8 Å². The Labute approximate surface area is 113 Å². The molecule has 0 saturated carbocycles. The van der Waals surface area contributed by atoms with Crippen LogP contribution >= 0.6 is 11.8 Å². The van der Waals surface area contributed by atoms with Gasteiger partial charge in [-0.2, -0.15) is 0 Å². The third-order valence-corrected chi connectivity index (χ3v) is 4.49. The summed E-state index contributed by atoms with van der Waals surface area (Å²) in [4.78, 5) is 12.4. The molecule has 1 aromatic rings. The average molecular weight is 264 g/mol. The Morgan fingerprint density at radius 3 is 2.94 bits per heavy atom. The van der Waals surface area contributed by atoms with Gasteiger partial charge in [0, 0.05) is 35.1 Å². The Bertz CT molecular complexity index is 445. The molecule has 0 spiro atoms. The number of nitrogens with two attached hydrogens (primary N) is 1. The molecule has 3 N–H and O–H groups in total. The van der Waals surface area contributed by atoms with Crippen molar-refractivity contribution in [3.8, 4) is 0 Å². The number of hydrogen-bond donors (Lipinski definition) is 2. The smallest absolute Gasteiger partial charge is 0.219 e. The van der Waals surface area contributed by atoms with Gasteiger partial charge in [-0.05, 0) is 25.5 Å². The van der Waals surface area contributed by atoms with E-state index in [9.17, 15) is 4.79 Å². The van der Waals surface area contributed by atoms with E-state index in [0.29, 0.717) is 12.3 Å². The molecule has 0 aliphatic carbocycles. The van der Waals surface area contributed by atoms with E-state index in [-0.39, 0.29) is 11.4 Å². The molecule has 18 heavy (non-hydrogen) atoms. The summed E-state index contributed by atoms with van der Waals surface area (Å²) < 4.78 is 0. The second kappa shape index (κ2) is 5.33. The highest BCUT2D eigenvalue weighted by molar-refractivity contribution is 7.99. The van der Waals surface area contributed by atoms with Crippen LogP contribution in [0.1, 0.15) is 31.7 Å². The summed E-state index contributed by atoms with van der Waals surface area (Å²) in [5, 5.41) is 3.46. The fraction of sp³-hybridized carbons (Fsp3) is 0.500. The van der Waals surface area contributed by atoms with Gasteiger partial charge in [0.1, 0.15) is 0 Å². The van der Waals surface area contributed by atoms with E-state index in [4.69, 9.17) is 5.73 Å². The van der Waals surface area contributed by atoms with E-state index in [0.717, 1.165) is 12.3 Å². The van der Waals surface area contributed by atoms with Gasteiger partial charge in [0.2, 0.25) is 5.91 Å². The van der Waals surface area contributed by atoms with Gasteiger partial charge in [0.05, 0.1) is 0 Å². The van der Waals surface area contributed by atoms with E-state index in [1.807, 2.05) is 25.6 Å². The molecule has 1 aromatic carbocycles. The molecule has 4 heteroatoms. The molecular weight excluding hydrogens is 244 g/mol. The van der Waals surface area contributed by atoms with Crippen LogP contribution in [0.15, 0.2) is 29.2 Å². The lowest BCUT2D eigenvalue weighted by molar-refractivity contribution is -0.119. The summed E-state index contributed by atoms with van der Waals surface area (Å²) in [6.07, 6.45) is 0.370. The number of nitrogens with one attached hydrogen (secondary N) is 1. The van der Waals surface area contributed by atoms with Gasteiger partial charge >= 0.3 is 0 Å². The minimum absolute atomic E-state index is 0.228. The normalized spacial score (nSPS) is 18.7. The summed E-state index contributed by atoms with van der Waals surface area (Å²) in [5.74, 6) is 1.38. The largest absolute Gasteiger partial charge is 0.370 e. The van der Waals surface area contributed by atoms with Gasteiger partial charge in [0.25, 0.3) is 0 Å². The number of carbonyl (C=O) groups is 1. The molecule has 1 atom stereocenters. The maximum atomic E-state index is 11.0. The van der Waals surface area contributed by atoms with Crippen molar-refractivity contribution in [2.75, 3.05) is 12.3 Å². The van der Waals surface area contributed by atoms with Crippen molar-refractivity contribution in [1.29, 1.82) is 0 Å². The van der Waals surface area contributed by atoms with Crippen LogP contribution in [0.3, 0.4) is 0 Å². The zero-order valence-electron chi connectivity index (χ0n) is 10.9.